The standard InChI is InChI=1S/C15H24N4O4S3/c16-13-12(14(20)17-11-2-9-26(21,22)10-11)25-15(24)19(13)4-1-3-18-5-7-23-8-6-18/h11H,1-10,16H2,(H,17,20). The van der Waals surface area contributed by atoms with Gasteiger partial charge in [-0.25, -0.2) is 8.42 Å². The smallest absolute Gasteiger partial charge is 0.265 e. The zero-order valence-corrected chi connectivity index (χ0v) is 16.9. The van der Waals surface area contributed by atoms with Gasteiger partial charge in [-0.2, -0.15) is 0 Å². The number of hydrogen-bond acceptors (Lipinski definition) is 8. The maximum atomic E-state index is 12.5. The van der Waals surface area contributed by atoms with Gasteiger partial charge in [-0.3, -0.25) is 9.69 Å². The number of carbonyl (C=O) groups excluding carboxylic acids is 1. The van der Waals surface area contributed by atoms with Gasteiger partial charge in [-0.1, -0.05) is 11.3 Å². The maximum absolute atomic E-state index is 12.5. The zero-order chi connectivity index (χ0) is 18.7. The summed E-state index contributed by atoms with van der Waals surface area (Å²) in [5, 5.41) is 2.77. The Morgan fingerprint density at radius 3 is 2.73 bits per heavy atom. The number of ether oxygens (including phenoxy) is 1. The van der Waals surface area contributed by atoms with Crippen LogP contribution >= 0.6 is 23.6 Å². The van der Waals surface area contributed by atoms with Crippen LogP contribution in [0.4, 0.5) is 5.82 Å². The summed E-state index contributed by atoms with van der Waals surface area (Å²) >= 11 is 6.54. The first kappa shape index (κ1) is 19.7. The number of aromatic nitrogens is 1. The molecule has 0 spiro atoms. The normalized spacial score (nSPS) is 23.2. The van der Waals surface area contributed by atoms with Crippen molar-refractivity contribution in [1.82, 2.24) is 14.8 Å². The summed E-state index contributed by atoms with van der Waals surface area (Å²) in [6, 6.07) is -0.350. The second-order valence-electron chi connectivity index (χ2n) is 6.61. The number of nitrogens with two attached hydrogens (primary N) is 1. The van der Waals surface area contributed by atoms with Gasteiger partial charge in [0.25, 0.3) is 5.91 Å². The van der Waals surface area contributed by atoms with Crippen LogP contribution in [0, 0.1) is 3.95 Å². The van der Waals surface area contributed by atoms with E-state index in [-0.39, 0.29) is 23.5 Å². The lowest BCUT2D eigenvalue weighted by Gasteiger charge is -2.26. The topological polar surface area (TPSA) is 107 Å². The Morgan fingerprint density at radius 2 is 2.08 bits per heavy atom. The number of nitrogen functional groups attached to an aromatic ring is 1. The van der Waals surface area contributed by atoms with Gasteiger partial charge >= 0.3 is 0 Å². The molecule has 3 rings (SSSR count). The molecule has 3 heterocycles. The highest BCUT2D eigenvalue weighted by atomic mass is 32.2. The van der Waals surface area contributed by atoms with Crippen molar-refractivity contribution in [1.29, 1.82) is 0 Å². The molecule has 2 fully saturated rings. The quantitative estimate of drug-likeness (QED) is 0.646. The van der Waals surface area contributed by atoms with Crippen LogP contribution in [0.15, 0.2) is 0 Å². The molecule has 1 aromatic heterocycles. The van der Waals surface area contributed by atoms with E-state index in [9.17, 15) is 13.2 Å². The molecule has 3 N–H and O–H groups in total. The molecule has 1 amide bonds. The van der Waals surface area contributed by atoms with Crippen molar-refractivity contribution in [3.05, 3.63) is 8.83 Å². The van der Waals surface area contributed by atoms with Gasteiger partial charge in [0.2, 0.25) is 0 Å². The van der Waals surface area contributed by atoms with Crippen molar-refractivity contribution < 1.29 is 17.9 Å². The fraction of sp³-hybridized carbons (Fsp3) is 0.733. The summed E-state index contributed by atoms with van der Waals surface area (Å²) in [4.78, 5) is 15.2. The predicted octanol–water partition coefficient (Wildman–Crippen LogP) is 0.500. The molecule has 0 radical (unpaired) electrons. The van der Waals surface area contributed by atoms with E-state index in [2.05, 4.69) is 10.2 Å². The molecule has 8 nitrogen and oxygen atoms in total. The van der Waals surface area contributed by atoms with Crippen LogP contribution in [0.5, 0.6) is 0 Å². The van der Waals surface area contributed by atoms with Crippen molar-refractivity contribution in [2.75, 3.05) is 50.1 Å². The molecule has 2 aliphatic rings. The highest BCUT2D eigenvalue weighted by Gasteiger charge is 2.30. The van der Waals surface area contributed by atoms with Crippen molar-refractivity contribution in [2.45, 2.75) is 25.4 Å². The second-order valence-corrected chi connectivity index (χ2v) is 10.5. The fourth-order valence-electron chi connectivity index (χ4n) is 3.23. The molecule has 26 heavy (non-hydrogen) atoms. The lowest BCUT2D eigenvalue weighted by Crippen LogP contribution is -2.37. The van der Waals surface area contributed by atoms with Crippen LogP contribution in [0.3, 0.4) is 0 Å². The van der Waals surface area contributed by atoms with E-state index in [1.807, 2.05) is 0 Å². The maximum Gasteiger partial charge on any atom is 0.265 e. The van der Waals surface area contributed by atoms with E-state index < -0.39 is 9.84 Å². The van der Waals surface area contributed by atoms with Crippen molar-refractivity contribution in [2.24, 2.45) is 0 Å². The molecule has 1 unspecified atom stereocenters. The molecule has 0 saturated carbocycles. The van der Waals surface area contributed by atoms with Crippen molar-refractivity contribution in [3.63, 3.8) is 0 Å². The number of carbonyl (C=O) groups is 1. The largest absolute Gasteiger partial charge is 0.384 e. The van der Waals surface area contributed by atoms with E-state index >= 15 is 0 Å². The third-order valence-electron chi connectivity index (χ3n) is 4.67. The summed E-state index contributed by atoms with van der Waals surface area (Å²) in [7, 11) is -3.04. The lowest BCUT2D eigenvalue weighted by atomic mass is 10.2. The molecule has 11 heteroatoms. The average Bonchev–Trinajstić information content (AvgIpc) is 3.08. The van der Waals surface area contributed by atoms with Gasteiger partial charge in [0.1, 0.15) is 10.7 Å². The Morgan fingerprint density at radius 1 is 1.35 bits per heavy atom. The van der Waals surface area contributed by atoms with E-state index in [1.165, 1.54) is 11.3 Å². The van der Waals surface area contributed by atoms with Crippen LogP contribution in [0.2, 0.25) is 0 Å². The Labute approximate surface area is 162 Å². The minimum Gasteiger partial charge on any atom is -0.384 e. The lowest BCUT2D eigenvalue weighted by molar-refractivity contribution is 0.0369. The van der Waals surface area contributed by atoms with Gasteiger partial charge in [0.15, 0.2) is 13.8 Å². The predicted molar refractivity (Wildman–Crippen MR) is 104 cm³/mol. The summed E-state index contributed by atoms with van der Waals surface area (Å²) < 4.78 is 30.7. The molecule has 146 valence electrons. The first-order chi connectivity index (χ1) is 12.4. The number of nitrogens with one attached hydrogen (secondary N) is 1. The third kappa shape index (κ3) is 4.83. The van der Waals surface area contributed by atoms with E-state index in [1.54, 1.807) is 4.57 Å². The molecule has 2 aliphatic heterocycles. The molecule has 2 saturated heterocycles. The molecular weight excluding hydrogens is 396 g/mol. The number of morpholine rings is 1. The summed E-state index contributed by atoms with van der Waals surface area (Å²) in [6.07, 6.45) is 1.33. The number of nitrogens with zero attached hydrogens (tertiary/aromatic N) is 2. The number of hydrogen-bond donors (Lipinski definition) is 2. The number of amides is 1. The number of anilines is 1. The van der Waals surface area contributed by atoms with Crippen molar-refractivity contribution >= 4 is 45.1 Å². The first-order valence-corrected chi connectivity index (χ1v) is 11.7. The molecule has 0 bridgehead atoms. The monoisotopic (exact) mass is 420 g/mol. The summed E-state index contributed by atoms with van der Waals surface area (Å²) in [6.45, 7) is 4.99. The summed E-state index contributed by atoms with van der Waals surface area (Å²) in [5.74, 6) is 0.128. The van der Waals surface area contributed by atoms with Gasteiger partial charge in [0.05, 0.1) is 24.7 Å². The van der Waals surface area contributed by atoms with Crippen LogP contribution < -0.4 is 11.1 Å². The van der Waals surface area contributed by atoms with Crippen LogP contribution in [-0.2, 0) is 21.1 Å². The van der Waals surface area contributed by atoms with E-state index in [0.29, 0.717) is 27.6 Å². The highest BCUT2D eigenvalue weighted by Crippen LogP contribution is 2.23. The van der Waals surface area contributed by atoms with Gasteiger partial charge < -0.3 is 20.4 Å². The molecule has 0 aromatic carbocycles. The Kier molecular flexibility index (Phi) is 6.33. The number of thiazole rings is 1. The molecule has 1 atom stereocenters. The van der Waals surface area contributed by atoms with Gasteiger partial charge in [0, 0.05) is 32.2 Å². The third-order valence-corrected chi connectivity index (χ3v) is 7.90. The van der Waals surface area contributed by atoms with Gasteiger partial charge in [-0.15, -0.1) is 0 Å². The second kappa shape index (κ2) is 8.34. The minimum absolute atomic E-state index is 0.00962. The Balaban J connectivity index is 1.58. The molecule has 1 aromatic rings. The van der Waals surface area contributed by atoms with Crippen LogP contribution in [-0.4, -0.2) is 74.2 Å². The fourth-order valence-corrected chi connectivity index (χ4v) is 6.18. The summed E-state index contributed by atoms with van der Waals surface area (Å²) in [5.41, 5.74) is 6.15. The number of sulfone groups is 1. The average molecular weight is 421 g/mol. The minimum atomic E-state index is -3.04. The SMILES string of the molecule is Nc1c(C(=O)NC2CCS(=O)(=O)C2)sc(=S)n1CCCN1CCOCC1. The first-order valence-electron chi connectivity index (χ1n) is 8.66. The highest BCUT2D eigenvalue weighted by molar-refractivity contribution is 7.91. The Hall–Kier alpha value is -1.01. The molecular formula is C15H24N4O4S3. The van der Waals surface area contributed by atoms with Crippen LogP contribution in [0.25, 0.3) is 0 Å². The van der Waals surface area contributed by atoms with E-state index in [0.717, 1.165) is 39.3 Å². The zero-order valence-electron chi connectivity index (χ0n) is 14.5. The Bertz CT molecular complexity index is 811. The van der Waals surface area contributed by atoms with Gasteiger partial charge in [-0.05, 0) is 25.1 Å². The molecule has 0 aliphatic carbocycles. The van der Waals surface area contributed by atoms with E-state index in [4.69, 9.17) is 22.7 Å². The van der Waals surface area contributed by atoms with Crippen LogP contribution in [0.1, 0.15) is 22.5 Å². The number of rotatable bonds is 6. The van der Waals surface area contributed by atoms with Crippen molar-refractivity contribution in [3.8, 4) is 0 Å².